The van der Waals surface area contributed by atoms with Crippen molar-refractivity contribution < 1.29 is 4.39 Å². The van der Waals surface area contributed by atoms with E-state index in [1.807, 2.05) is 26.8 Å². The molecule has 208 valence electrons. The molecule has 1 aromatic rings. The van der Waals surface area contributed by atoms with Gasteiger partial charge in [-0.15, -0.1) is 0 Å². The number of hydrogen-bond donors (Lipinski definition) is 2. The Labute approximate surface area is 232 Å². The summed E-state index contributed by atoms with van der Waals surface area (Å²) in [5, 5.41) is 3.13. The van der Waals surface area contributed by atoms with E-state index in [4.69, 9.17) is 5.73 Å². The van der Waals surface area contributed by atoms with E-state index in [0.717, 1.165) is 35.9 Å². The van der Waals surface area contributed by atoms with Crippen molar-refractivity contribution in [3.63, 3.8) is 0 Å². The predicted octanol–water partition coefficient (Wildman–Crippen LogP) is 9.65. The Morgan fingerprint density at radius 3 is 2.47 bits per heavy atom. The maximum atomic E-state index is 14.1. The van der Waals surface area contributed by atoms with Gasteiger partial charge in [-0.05, 0) is 107 Å². The Kier molecular flexibility index (Phi) is 11.9. The third kappa shape index (κ3) is 7.62. The molecule has 38 heavy (non-hydrogen) atoms. The van der Waals surface area contributed by atoms with Crippen LogP contribution < -0.4 is 11.1 Å². The molecule has 0 heterocycles. The van der Waals surface area contributed by atoms with E-state index in [2.05, 4.69) is 64.4 Å². The van der Waals surface area contributed by atoms with E-state index in [1.165, 1.54) is 60.4 Å². The van der Waals surface area contributed by atoms with Gasteiger partial charge in [0.25, 0.3) is 0 Å². The second kappa shape index (κ2) is 14.4. The van der Waals surface area contributed by atoms with Crippen molar-refractivity contribution in [3.05, 3.63) is 106 Å². The maximum Gasteiger partial charge on any atom is 0.146 e. The van der Waals surface area contributed by atoms with Crippen LogP contribution in [-0.2, 0) is 11.8 Å². The van der Waals surface area contributed by atoms with Crippen molar-refractivity contribution in [2.24, 2.45) is 17.6 Å². The van der Waals surface area contributed by atoms with Crippen molar-refractivity contribution in [3.8, 4) is 0 Å². The van der Waals surface area contributed by atoms with E-state index in [0.29, 0.717) is 11.4 Å². The zero-order valence-corrected chi connectivity index (χ0v) is 25.0. The fraction of sp³-hybridized carbons (Fsp3) is 0.486. The highest BCUT2D eigenvalue weighted by atomic mass is 19.1. The first-order valence-corrected chi connectivity index (χ1v) is 14.3. The topological polar surface area (TPSA) is 38.0 Å². The van der Waals surface area contributed by atoms with Crippen LogP contribution >= 0.6 is 0 Å². The molecule has 1 aromatic carbocycles. The second-order valence-corrected chi connectivity index (χ2v) is 11.3. The van der Waals surface area contributed by atoms with E-state index in [1.54, 1.807) is 12.2 Å². The fourth-order valence-corrected chi connectivity index (χ4v) is 6.07. The van der Waals surface area contributed by atoms with Gasteiger partial charge in [0, 0.05) is 16.8 Å². The summed E-state index contributed by atoms with van der Waals surface area (Å²) in [5.41, 5.74) is 14.5. The smallest absolute Gasteiger partial charge is 0.146 e. The molecular weight excluding hydrogens is 467 g/mol. The first kappa shape index (κ1) is 31.4. The predicted molar refractivity (Wildman–Crippen MR) is 164 cm³/mol. The van der Waals surface area contributed by atoms with Gasteiger partial charge in [0.15, 0.2) is 0 Å². The van der Waals surface area contributed by atoms with Crippen LogP contribution in [0.4, 0.5) is 4.39 Å². The summed E-state index contributed by atoms with van der Waals surface area (Å²) in [6.45, 7) is 22.9. The molecule has 2 nitrogen and oxygen atoms in total. The van der Waals surface area contributed by atoms with Crippen LogP contribution in [0.2, 0.25) is 0 Å². The normalized spacial score (nSPS) is 21.1. The number of rotatable bonds is 13. The van der Waals surface area contributed by atoms with Crippen LogP contribution in [0.1, 0.15) is 96.8 Å². The Morgan fingerprint density at radius 2 is 1.95 bits per heavy atom. The van der Waals surface area contributed by atoms with Gasteiger partial charge in [0.1, 0.15) is 5.83 Å². The Balaban J connectivity index is 2.24. The number of allylic oxidation sites excluding steroid dienone is 8. The Hall–Kier alpha value is -2.81. The number of hydrogen-bond acceptors (Lipinski definition) is 2. The standard InChI is InChI=1S/C35H51FN2/c1-10-14-34(32(36)11-2)38-28(9)27(8)33(37)20-18-29-17-19-31(26(7)23-29)35(12-3,24(4)5)22-21-30-16-13-15-25(30)6/h10-11,14,17,19-20,23,25,30,38H,2,4,12-13,15-16,18,21-22,37H2,1,3,5-9H3/b14-10-,28-27+,33-20+,34-32-. The SMILES string of the molecule is C=C/C(F)=C(\C=C/C)N/C(C)=C(C)/C(N)=C\Cc1ccc(C(CC)(CCC2CCCC2C)C(=C)C)c(C)c1. The van der Waals surface area contributed by atoms with Gasteiger partial charge in [-0.2, -0.15) is 0 Å². The lowest BCUT2D eigenvalue weighted by atomic mass is 9.67. The Morgan fingerprint density at radius 1 is 1.24 bits per heavy atom. The van der Waals surface area contributed by atoms with Gasteiger partial charge in [0.2, 0.25) is 0 Å². The van der Waals surface area contributed by atoms with Gasteiger partial charge in [-0.3, -0.25) is 0 Å². The summed E-state index contributed by atoms with van der Waals surface area (Å²) >= 11 is 0. The molecule has 3 atom stereocenters. The van der Waals surface area contributed by atoms with Crippen LogP contribution in [-0.4, -0.2) is 0 Å². The van der Waals surface area contributed by atoms with Gasteiger partial charge >= 0.3 is 0 Å². The van der Waals surface area contributed by atoms with Gasteiger partial charge in [0.05, 0.1) is 5.70 Å². The average Bonchev–Trinajstić information content (AvgIpc) is 3.31. The quantitative estimate of drug-likeness (QED) is 0.201. The van der Waals surface area contributed by atoms with Crippen molar-refractivity contribution in [2.45, 2.75) is 98.8 Å². The molecule has 3 heteroatoms. The summed E-state index contributed by atoms with van der Waals surface area (Å²) in [7, 11) is 0. The first-order chi connectivity index (χ1) is 18.0. The zero-order chi connectivity index (χ0) is 28.5. The average molecular weight is 519 g/mol. The van der Waals surface area contributed by atoms with Crippen molar-refractivity contribution in [1.82, 2.24) is 5.32 Å². The molecule has 1 aliphatic rings. The second-order valence-electron chi connectivity index (χ2n) is 11.3. The number of nitrogens with one attached hydrogen (secondary N) is 1. The molecule has 1 saturated carbocycles. The van der Waals surface area contributed by atoms with Crippen molar-refractivity contribution in [1.29, 1.82) is 0 Å². The lowest BCUT2D eigenvalue weighted by molar-refractivity contribution is 0.327. The highest BCUT2D eigenvalue weighted by molar-refractivity contribution is 5.43. The molecule has 0 bridgehead atoms. The van der Waals surface area contributed by atoms with Crippen molar-refractivity contribution >= 4 is 0 Å². The summed E-state index contributed by atoms with van der Waals surface area (Å²) < 4.78 is 14.1. The van der Waals surface area contributed by atoms with E-state index < -0.39 is 5.83 Å². The minimum Gasteiger partial charge on any atom is -0.399 e. The summed E-state index contributed by atoms with van der Waals surface area (Å²) in [6, 6.07) is 6.88. The molecule has 3 unspecified atom stereocenters. The van der Waals surface area contributed by atoms with Crippen LogP contribution in [0.25, 0.3) is 0 Å². The molecule has 3 N–H and O–H groups in total. The third-order valence-electron chi connectivity index (χ3n) is 8.85. The fourth-order valence-electron chi connectivity index (χ4n) is 6.07. The molecule has 2 rings (SSSR count). The van der Waals surface area contributed by atoms with E-state index in [9.17, 15) is 4.39 Å². The maximum absolute atomic E-state index is 14.1. The summed E-state index contributed by atoms with van der Waals surface area (Å²) in [4.78, 5) is 0. The molecule has 1 fully saturated rings. The number of aryl methyl sites for hydroxylation is 1. The third-order valence-corrected chi connectivity index (χ3v) is 8.85. The monoisotopic (exact) mass is 518 g/mol. The number of benzene rings is 1. The first-order valence-electron chi connectivity index (χ1n) is 14.3. The number of nitrogens with two attached hydrogens (primary N) is 1. The molecule has 0 aliphatic heterocycles. The Bertz CT molecular complexity index is 1120. The van der Waals surface area contributed by atoms with Crippen molar-refractivity contribution in [2.75, 3.05) is 0 Å². The zero-order valence-electron chi connectivity index (χ0n) is 25.0. The number of halogens is 1. The largest absolute Gasteiger partial charge is 0.399 e. The molecular formula is C35H51FN2. The van der Waals surface area contributed by atoms with Crippen LogP contribution in [0.15, 0.2) is 89.7 Å². The summed E-state index contributed by atoms with van der Waals surface area (Å²) in [6.07, 6.45) is 15.1. The minimum absolute atomic E-state index is 0.0285. The molecule has 0 amide bonds. The molecule has 0 saturated heterocycles. The molecule has 1 aliphatic carbocycles. The van der Waals surface area contributed by atoms with Crippen LogP contribution in [0.5, 0.6) is 0 Å². The summed E-state index contributed by atoms with van der Waals surface area (Å²) in [5.74, 6) is 1.29. The molecule has 0 spiro atoms. The van der Waals surface area contributed by atoms with Crippen LogP contribution in [0, 0.1) is 18.8 Å². The van der Waals surface area contributed by atoms with Crippen LogP contribution in [0.3, 0.4) is 0 Å². The van der Waals surface area contributed by atoms with E-state index >= 15 is 0 Å². The lowest BCUT2D eigenvalue weighted by Gasteiger charge is -2.37. The van der Waals surface area contributed by atoms with Gasteiger partial charge in [-0.25, -0.2) is 4.39 Å². The molecule has 0 aromatic heterocycles. The van der Waals surface area contributed by atoms with Gasteiger partial charge in [-0.1, -0.05) is 82.2 Å². The highest BCUT2D eigenvalue weighted by Gasteiger charge is 2.34. The molecule has 0 radical (unpaired) electrons. The minimum atomic E-state index is -0.399. The lowest BCUT2D eigenvalue weighted by Crippen LogP contribution is -2.29. The van der Waals surface area contributed by atoms with Gasteiger partial charge < -0.3 is 11.1 Å². The highest BCUT2D eigenvalue weighted by Crippen LogP contribution is 2.44. The van der Waals surface area contributed by atoms with E-state index in [-0.39, 0.29) is 5.41 Å².